The number of nitrogens with two attached hydrogens (primary N) is 2. The third-order valence-corrected chi connectivity index (χ3v) is 16.0. The van der Waals surface area contributed by atoms with Gasteiger partial charge in [-0.3, -0.25) is 67.1 Å². The second kappa shape index (κ2) is 36.5. The van der Waals surface area contributed by atoms with E-state index >= 15 is 0 Å². The van der Waals surface area contributed by atoms with Crippen molar-refractivity contribution in [3.8, 4) is 0 Å². The molecular weight excluding hydrogens is 1170 g/mol. The van der Waals surface area contributed by atoms with Gasteiger partial charge in [0.05, 0.1) is 12.5 Å². The molecule has 17 N–H and O–H groups in total. The summed E-state index contributed by atoms with van der Waals surface area (Å²) in [7, 11) is 0. The number of amides is 12. The van der Waals surface area contributed by atoms with Crippen LogP contribution >= 0.6 is 0 Å². The van der Waals surface area contributed by atoms with Crippen LogP contribution in [0.15, 0.2) is 0 Å². The van der Waals surface area contributed by atoms with Crippen molar-refractivity contribution in [1.82, 2.24) is 63.0 Å². The summed E-state index contributed by atoms with van der Waals surface area (Å²) in [4.78, 5) is 201. The number of nitrogens with zero attached hydrogens (tertiary/aromatic N) is 2. The van der Waals surface area contributed by atoms with Crippen molar-refractivity contribution >= 4 is 88.8 Å². The molecule has 0 bridgehead atoms. The van der Waals surface area contributed by atoms with Gasteiger partial charge in [-0.1, -0.05) is 48.0 Å². The maximum atomic E-state index is 14.6. The lowest BCUT2D eigenvalue weighted by Gasteiger charge is -2.34. The maximum Gasteiger partial charge on any atom is 0.326 e. The summed E-state index contributed by atoms with van der Waals surface area (Å²) in [6, 6.07) is -15.3. The Kier molecular flexibility index (Phi) is 30.8. The van der Waals surface area contributed by atoms with Crippen LogP contribution in [0.1, 0.15) is 152 Å². The number of likely N-dealkylation sites (tertiary alicyclic amines) is 2. The van der Waals surface area contributed by atoms with E-state index < -0.39 is 199 Å². The van der Waals surface area contributed by atoms with E-state index in [1.165, 1.54) is 23.6 Å². The van der Waals surface area contributed by atoms with E-state index in [4.69, 9.17) is 11.5 Å². The Hall–Kier alpha value is -8.03. The fourth-order valence-corrected chi connectivity index (χ4v) is 10.5. The SMILES string of the molecule is CC[C@H](C)[C@H](NC(=O)[C@@H]1CCCN1C(=O)[C@@H](NC(=O)[C@@H]1CCCN1C(=O)[C@H](CCC(=O)O)NC(=O)[C@H](C)NC(=O)[C@H](C)NC(=O)[C@@H]1CCCN1)C(C)C)C(=O)N[C@H](C(=O)N[C@@H](CCCCN)C(=O)N[C@@H](CCC(N)=O)C(=O)N[C@@H](CC(=O)O)C(=O)O)C(C)C. The fourth-order valence-electron chi connectivity index (χ4n) is 10.5. The first-order valence-corrected chi connectivity index (χ1v) is 30.6. The van der Waals surface area contributed by atoms with Crippen molar-refractivity contribution in [2.45, 2.75) is 224 Å². The zero-order valence-corrected chi connectivity index (χ0v) is 52.1. The number of unbranched alkanes of at least 4 members (excludes halogenated alkanes) is 1. The molecule has 0 aromatic carbocycles. The average molecular weight is 1260 g/mol. The lowest BCUT2D eigenvalue weighted by Crippen LogP contribution is -2.62. The van der Waals surface area contributed by atoms with Crippen molar-refractivity contribution in [2.75, 3.05) is 26.2 Å². The number of hydrogen-bond donors (Lipinski definition) is 15. The minimum Gasteiger partial charge on any atom is -0.481 e. The van der Waals surface area contributed by atoms with Crippen LogP contribution in [-0.4, -0.2) is 213 Å². The monoisotopic (exact) mass is 1260 g/mol. The van der Waals surface area contributed by atoms with Crippen molar-refractivity contribution in [2.24, 2.45) is 29.2 Å². The van der Waals surface area contributed by atoms with Crippen LogP contribution in [0.3, 0.4) is 0 Å². The molecule has 3 heterocycles. The molecule has 0 aromatic rings. The second-order valence-electron chi connectivity index (χ2n) is 23.7. The normalized spacial score (nSPS) is 19.7. The summed E-state index contributed by atoms with van der Waals surface area (Å²) < 4.78 is 0. The molecule has 0 aromatic heterocycles. The second-order valence-corrected chi connectivity index (χ2v) is 23.7. The molecule has 0 aliphatic carbocycles. The number of hydrogen-bond acceptors (Lipinski definition) is 17. The first kappa shape index (κ1) is 75.2. The highest BCUT2D eigenvalue weighted by molar-refractivity contribution is 6.00. The van der Waals surface area contributed by atoms with E-state index in [1.54, 1.807) is 41.5 Å². The molecule has 0 saturated carbocycles. The molecule has 13 atom stereocenters. The van der Waals surface area contributed by atoms with Crippen LogP contribution < -0.4 is 64.6 Å². The molecule has 3 saturated heterocycles. The average Bonchev–Trinajstić information content (AvgIpc) is 2.21. The van der Waals surface area contributed by atoms with Gasteiger partial charge >= 0.3 is 17.9 Å². The van der Waals surface area contributed by atoms with Gasteiger partial charge in [0.2, 0.25) is 70.9 Å². The molecule has 3 aliphatic rings. The Balaban J connectivity index is 1.78. The molecule has 32 nitrogen and oxygen atoms in total. The summed E-state index contributed by atoms with van der Waals surface area (Å²) in [5, 5.41) is 54.2. The number of aliphatic carboxylic acids is 3. The van der Waals surface area contributed by atoms with Gasteiger partial charge in [-0.05, 0) is 115 Å². The van der Waals surface area contributed by atoms with Gasteiger partial charge in [-0.15, -0.1) is 0 Å². The van der Waals surface area contributed by atoms with Crippen LogP contribution in [-0.2, 0) is 71.9 Å². The molecule has 3 fully saturated rings. The predicted octanol–water partition coefficient (Wildman–Crippen LogP) is -3.70. The Morgan fingerprint density at radius 1 is 0.494 bits per heavy atom. The molecule has 0 spiro atoms. The Morgan fingerprint density at radius 3 is 1.49 bits per heavy atom. The highest BCUT2D eigenvalue weighted by Gasteiger charge is 2.44. The summed E-state index contributed by atoms with van der Waals surface area (Å²) >= 11 is 0. The third kappa shape index (κ3) is 23.5. The zero-order valence-electron chi connectivity index (χ0n) is 52.1. The van der Waals surface area contributed by atoms with E-state index in [9.17, 15) is 87.2 Å². The molecule has 89 heavy (non-hydrogen) atoms. The quantitative estimate of drug-likeness (QED) is 0.0266. The van der Waals surface area contributed by atoms with E-state index in [-0.39, 0.29) is 57.6 Å². The van der Waals surface area contributed by atoms with Gasteiger partial charge in [0.15, 0.2) is 0 Å². The van der Waals surface area contributed by atoms with Gasteiger partial charge in [-0.2, -0.15) is 0 Å². The molecule has 500 valence electrons. The highest BCUT2D eigenvalue weighted by Crippen LogP contribution is 2.24. The number of carbonyl (C=O) groups is 15. The minimum atomic E-state index is -1.91. The third-order valence-electron chi connectivity index (χ3n) is 16.0. The predicted molar refractivity (Wildman–Crippen MR) is 316 cm³/mol. The molecule has 0 radical (unpaired) electrons. The van der Waals surface area contributed by atoms with Crippen molar-refractivity contribution < 1.29 is 87.2 Å². The number of carboxylic acid groups (broad SMARTS) is 3. The van der Waals surface area contributed by atoms with E-state index in [2.05, 4.69) is 47.9 Å². The summed E-state index contributed by atoms with van der Waals surface area (Å²) in [6.07, 6.45) is 0.466. The fraction of sp³-hybridized carbons (Fsp3) is 0.737. The summed E-state index contributed by atoms with van der Waals surface area (Å²) in [5.74, 6) is -15.7. The number of primary amides is 1. The Labute approximate surface area is 517 Å². The minimum absolute atomic E-state index is 0.0340. The van der Waals surface area contributed by atoms with Crippen molar-refractivity contribution in [1.29, 1.82) is 0 Å². The smallest absolute Gasteiger partial charge is 0.326 e. The van der Waals surface area contributed by atoms with Crippen LogP contribution in [0.25, 0.3) is 0 Å². The van der Waals surface area contributed by atoms with Crippen LogP contribution in [0.5, 0.6) is 0 Å². The van der Waals surface area contributed by atoms with E-state index in [0.29, 0.717) is 38.6 Å². The lowest BCUT2D eigenvalue weighted by molar-refractivity contribution is -0.147. The molecule has 12 amide bonds. The topological polar surface area (TPSA) is 496 Å². The first-order valence-electron chi connectivity index (χ1n) is 30.6. The Bertz CT molecular complexity index is 2560. The molecule has 0 unspecified atom stereocenters. The van der Waals surface area contributed by atoms with Gasteiger partial charge in [0.1, 0.15) is 66.5 Å². The molecule has 32 heteroatoms. The van der Waals surface area contributed by atoms with Crippen molar-refractivity contribution in [3.63, 3.8) is 0 Å². The Morgan fingerprint density at radius 2 is 0.989 bits per heavy atom. The van der Waals surface area contributed by atoms with Crippen LogP contribution in [0.4, 0.5) is 0 Å². The largest absolute Gasteiger partial charge is 0.481 e. The first-order chi connectivity index (χ1) is 41.8. The number of carboxylic acids is 3. The highest BCUT2D eigenvalue weighted by atomic mass is 16.4. The van der Waals surface area contributed by atoms with E-state index in [1.807, 2.05) is 5.32 Å². The zero-order chi connectivity index (χ0) is 67.0. The van der Waals surface area contributed by atoms with Gasteiger partial charge in [-0.25, -0.2) is 4.79 Å². The standard InChI is InChI=1S/C57H94N14O18/c1-9-30(6)45(54(85)67-43(28(2)3)53(84)64-34(15-10-11-23-58)49(80)63-35(19-21-40(59)72)50(81)66-37(57(88)89)27-42(75)76)69-52(83)39-18-14-26-71(39)56(87)44(29(4)5)68-51(82)38-17-13-25-70(38)55(86)36(20-22-41(73)74)65-47(78)32(8)61-46(77)31(7)62-48(79)33-16-12-24-60-33/h28-39,43-45,60H,9-27,58H2,1-8H3,(H2,59,72)(H,61,77)(H,62,79)(H,63,80)(H,64,84)(H,65,78)(H,66,81)(H,67,85)(H,68,82)(H,69,83)(H,73,74)(H,75,76)(H,88,89)/t30-,31-,32-,33-,34-,35-,36-,37-,38-,39-,43-,44-,45-/m0/s1. The summed E-state index contributed by atoms with van der Waals surface area (Å²) in [6.45, 7) is 13.7. The van der Waals surface area contributed by atoms with Crippen molar-refractivity contribution in [3.05, 3.63) is 0 Å². The summed E-state index contributed by atoms with van der Waals surface area (Å²) in [5.41, 5.74) is 11.0. The number of rotatable bonds is 37. The lowest BCUT2D eigenvalue weighted by atomic mass is 9.95. The van der Waals surface area contributed by atoms with Crippen LogP contribution in [0.2, 0.25) is 0 Å². The molecule has 3 rings (SSSR count). The molecular formula is C57H94N14O18. The number of carbonyl (C=O) groups excluding carboxylic acids is 12. The van der Waals surface area contributed by atoms with Crippen LogP contribution in [0, 0.1) is 17.8 Å². The van der Waals surface area contributed by atoms with Gasteiger partial charge in [0, 0.05) is 25.9 Å². The van der Waals surface area contributed by atoms with Gasteiger partial charge in [0.25, 0.3) is 0 Å². The number of nitrogens with one attached hydrogen (secondary N) is 10. The van der Waals surface area contributed by atoms with Gasteiger partial charge < -0.3 is 89.8 Å². The maximum absolute atomic E-state index is 14.6. The van der Waals surface area contributed by atoms with E-state index in [0.717, 1.165) is 6.42 Å². The molecule has 3 aliphatic heterocycles.